The molecule has 3 heterocycles. The number of nitrogens with zero attached hydrogens (tertiary/aromatic N) is 3. The number of anilines is 1. The molecule has 1 aliphatic heterocycles. The lowest BCUT2D eigenvalue weighted by atomic mass is 10.0. The van der Waals surface area contributed by atoms with Crippen LogP contribution in [0, 0.1) is 6.92 Å². The van der Waals surface area contributed by atoms with Gasteiger partial charge in [-0.2, -0.15) is 0 Å². The quantitative estimate of drug-likeness (QED) is 0.274. The molecule has 0 unspecified atom stereocenters. The maximum absolute atomic E-state index is 12.9. The molecule has 36 heavy (non-hydrogen) atoms. The van der Waals surface area contributed by atoms with Crippen LogP contribution in [-0.4, -0.2) is 32.0 Å². The Morgan fingerprint density at radius 3 is 2.58 bits per heavy atom. The molecule has 1 saturated heterocycles. The van der Waals surface area contributed by atoms with Gasteiger partial charge in [-0.1, -0.05) is 40.2 Å². The summed E-state index contributed by atoms with van der Waals surface area (Å²) >= 11 is 9.31. The third kappa shape index (κ3) is 5.05. The number of carbonyl (C=O) groups excluding carboxylic acids is 1. The molecule has 1 amide bonds. The molecule has 1 fully saturated rings. The number of pyridine rings is 1. The fraction of sp³-hybridized carbons (Fsp3) is 0.179. The van der Waals surface area contributed by atoms with Crippen LogP contribution in [-0.2, 0) is 4.79 Å². The molecule has 0 spiro atoms. The average Bonchev–Trinajstić information content (AvgIpc) is 3.49. The average molecular weight is 561 g/mol. The van der Waals surface area contributed by atoms with Gasteiger partial charge in [-0.3, -0.25) is 9.78 Å². The number of benzene rings is 2. The molecular formula is C28H26BrN5OS. The van der Waals surface area contributed by atoms with Crippen LogP contribution in [0.2, 0.25) is 0 Å². The van der Waals surface area contributed by atoms with Crippen molar-refractivity contribution < 1.29 is 4.79 Å². The van der Waals surface area contributed by atoms with E-state index in [9.17, 15) is 4.79 Å². The van der Waals surface area contributed by atoms with Crippen LogP contribution in [0.1, 0.15) is 35.5 Å². The summed E-state index contributed by atoms with van der Waals surface area (Å²) in [6, 6.07) is 25.7. The minimum absolute atomic E-state index is 0.0459. The standard InChI is InChI=1S/C28H26BrN5OS/c1-19-7-2-3-8-22(19)31-25(35)15-18-34-27(26(32-28(34)36)23-9-4-5-16-30-23)24-10-6-17-33(24)21-13-11-20(29)12-14-21/h2-14,16-17,26-27H,15,18H2,1H3,(H,31,35)(H,32,36)/t26-,27-/m0/s1. The van der Waals surface area contributed by atoms with Gasteiger partial charge in [-0.25, -0.2) is 0 Å². The van der Waals surface area contributed by atoms with Crippen molar-refractivity contribution in [3.8, 4) is 5.69 Å². The van der Waals surface area contributed by atoms with Gasteiger partial charge in [0.05, 0.1) is 17.8 Å². The lowest BCUT2D eigenvalue weighted by Gasteiger charge is -2.29. The van der Waals surface area contributed by atoms with Crippen molar-refractivity contribution in [2.75, 3.05) is 11.9 Å². The highest BCUT2D eigenvalue weighted by molar-refractivity contribution is 9.10. The van der Waals surface area contributed by atoms with Crippen molar-refractivity contribution >= 4 is 44.9 Å². The van der Waals surface area contributed by atoms with Crippen LogP contribution in [0.25, 0.3) is 5.69 Å². The second-order valence-corrected chi connectivity index (χ2v) is 10.0. The number of thiocarbonyl (C=S) groups is 1. The van der Waals surface area contributed by atoms with E-state index in [-0.39, 0.29) is 18.0 Å². The van der Waals surface area contributed by atoms with Gasteiger partial charge in [0.2, 0.25) is 5.91 Å². The highest BCUT2D eigenvalue weighted by Crippen LogP contribution is 2.39. The first-order valence-electron chi connectivity index (χ1n) is 11.8. The summed E-state index contributed by atoms with van der Waals surface area (Å²) in [6.45, 7) is 2.46. The zero-order valence-corrected chi connectivity index (χ0v) is 22.2. The van der Waals surface area contributed by atoms with Crippen LogP contribution in [0.4, 0.5) is 5.69 Å². The van der Waals surface area contributed by atoms with Gasteiger partial charge in [-0.05, 0) is 79.3 Å². The summed E-state index contributed by atoms with van der Waals surface area (Å²) in [5, 5.41) is 7.12. The number of rotatable bonds is 7. The Labute approximate surface area is 224 Å². The Kier molecular flexibility index (Phi) is 7.16. The van der Waals surface area contributed by atoms with Crippen molar-refractivity contribution in [3.63, 3.8) is 0 Å². The number of hydrogen-bond acceptors (Lipinski definition) is 3. The van der Waals surface area contributed by atoms with Gasteiger partial charge in [0.1, 0.15) is 0 Å². The van der Waals surface area contributed by atoms with Crippen LogP contribution < -0.4 is 10.6 Å². The number of hydrogen-bond donors (Lipinski definition) is 2. The van der Waals surface area contributed by atoms with Crippen molar-refractivity contribution in [2.24, 2.45) is 0 Å². The van der Waals surface area contributed by atoms with Crippen molar-refractivity contribution in [3.05, 3.63) is 113 Å². The van der Waals surface area contributed by atoms with Gasteiger partial charge >= 0.3 is 0 Å². The number of amides is 1. The van der Waals surface area contributed by atoms with Gasteiger partial charge < -0.3 is 20.1 Å². The smallest absolute Gasteiger partial charge is 0.226 e. The molecule has 2 N–H and O–H groups in total. The van der Waals surface area contributed by atoms with Crippen LogP contribution in [0.15, 0.2) is 95.7 Å². The third-order valence-corrected chi connectivity index (χ3v) is 7.27. The maximum atomic E-state index is 12.9. The molecule has 0 radical (unpaired) electrons. The molecule has 2 aromatic carbocycles. The molecule has 6 nitrogen and oxygen atoms in total. The van der Waals surface area contributed by atoms with Crippen molar-refractivity contribution in [1.29, 1.82) is 0 Å². The van der Waals surface area contributed by atoms with Gasteiger partial charge in [0.25, 0.3) is 0 Å². The maximum Gasteiger partial charge on any atom is 0.226 e. The van der Waals surface area contributed by atoms with Crippen molar-refractivity contribution in [1.82, 2.24) is 19.8 Å². The van der Waals surface area contributed by atoms with E-state index in [1.54, 1.807) is 6.20 Å². The molecule has 182 valence electrons. The normalized spacial score (nSPS) is 17.2. The van der Waals surface area contributed by atoms with E-state index in [4.69, 9.17) is 12.2 Å². The first-order valence-corrected chi connectivity index (χ1v) is 13.0. The number of carbonyl (C=O) groups is 1. The largest absolute Gasteiger partial charge is 0.352 e. The zero-order valence-electron chi connectivity index (χ0n) is 19.8. The summed E-state index contributed by atoms with van der Waals surface area (Å²) < 4.78 is 3.19. The Bertz CT molecular complexity index is 1370. The molecule has 8 heteroatoms. The summed E-state index contributed by atoms with van der Waals surface area (Å²) in [5.41, 5.74) is 4.88. The van der Waals surface area contributed by atoms with Crippen molar-refractivity contribution in [2.45, 2.75) is 25.4 Å². The minimum atomic E-state index is -0.151. The van der Waals surface area contributed by atoms with E-state index < -0.39 is 0 Å². The van der Waals surface area contributed by atoms with Gasteiger partial charge in [0, 0.05) is 46.9 Å². The molecule has 0 aliphatic carbocycles. The predicted molar refractivity (Wildman–Crippen MR) is 150 cm³/mol. The van der Waals surface area contributed by atoms with Crippen LogP contribution in [0.3, 0.4) is 0 Å². The predicted octanol–water partition coefficient (Wildman–Crippen LogP) is 5.94. The van der Waals surface area contributed by atoms with E-state index in [1.165, 1.54) is 0 Å². The fourth-order valence-electron chi connectivity index (χ4n) is 4.59. The Hall–Kier alpha value is -3.49. The number of nitrogens with one attached hydrogen (secondary N) is 2. The van der Waals surface area contributed by atoms with E-state index in [0.29, 0.717) is 18.1 Å². The van der Waals surface area contributed by atoms with E-state index in [1.807, 2.05) is 67.6 Å². The molecule has 2 atom stereocenters. The minimum Gasteiger partial charge on any atom is -0.352 e. The van der Waals surface area contributed by atoms with Crippen LogP contribution in [0.5, 0.6) is 0 Å². The molecule has 2 aromatic heterocycles. The topological polar surface area (TPSA) is 62.2 Å². The Balaban J connectivity index is 1.44. The fourth-order valence-corrected chi connectivity index (χ4v) is 5.18. The molecule has 0 saturated carbocycles. The number of aromatic nitrogens is 2. The second kappa shape index (κ2) is 10.6. The lowest BCUT2D eigenvalue weighted by molar-refractivity contribution is -0.116. The van der Waals surface area contributed by atoms with E-state index >= 15 is 0 Å². The summed E-state index contributed by atoms with van der Waals surface area (Å²) in [5.74, 6) is -0.0459. The molecule has 4 aromatic rings. The number of halogens is 1. The van der Waals surface area contributed by atoms with Gasteiger partial charge in [-0.15, -0.1) is 0 Å². The summed E-state index contributed by atoms with van der Waals surface area (Å²) in [4.78, 5) is 19.6. The highest BCUT2D eigenvalue weighted by Gasteiger charge is 2.41. The molecule has 1 aliphatic rings. The first-order chi connectivity index (χ1) is 17.5. The summed E-state index contributed by atoms with van der Waals surface area (Å²) in [6.07, 6.45) is 4.16. The number of aryl methyl sites for hydroxylation is 1. The van der Waals surface area contributed by atoms with Crippen LogP contribution >= 0.6 is 28.1 Å². The third-order valence-electron chi connectivity index (χ3n) is 6.38. The Morgan fingerprint density at radius 2 is 1.83 bits per heavy atom. The molecule has 0 bridgehead atoms. The molecular weight excluding hydrogens is 534 g/mol. The Morgan fingerprint density at radius 1 is 1.06 bits per heavy atom. The van der Waals surface area contributed by atoms with Gasteiger partial charge in [0.15, 0.2) is 5.11 Å². The summed E-state index contributed by atoms with van der Waals surface area (Å²) in [7, 11) is 0. The SMILES string of the molecule is Cc1ccccc1NC(=O)CCN1C(=S)N[C@@H](c2ccccn2)[C@@H]1c1cccn1-c1ccc(Br)cc1. The van der Waals surface area contributed by atoms with E-state index in [0.717, 1.165) is 32.8 Å². The highest BCUT2D eigenvalue weighted by atomic mass is 79.9. The monoisotopic (exact) mass is 559 g/mol. The first kappa shape index (κ1) is 24.2. The van der Waals surface area contributed by atoms with E-state index in [2.05, 4.69) is 65.4 Å². The zero-order chi connectivity index (χ0) is 25.1. The lowest BCUT2D eigenvalue weighted by Crippen LogP contribution is -2.33. The second-order valence-electron chi connectivity index (χ2n) is 8.71. The molecule has 5 rings (SSSR count). The number of para-hydroxylation sites is 1.